The Hall–Kier alpha value is -2.83. The molecule has 1 aromatic carbocycles. The van der Waals surface area contributed by atoms with Crippen LogP contribution in [0.5, 0.6) is 5.75 Å². The third kappa shape index (κ3) is 3.67. The number of amides is 2. The first-order chi connectivity index (χ1) is 12.8. The van der Waals surface area contributed by atoms with Crippen LogP contribution in [0.2, 0.25) is 0 Å². The highest BCUT2D eigenvalue weighted by Crippen LogP contribution is 2.22. The minimum atomic E-state index is -0.497. The van der Waals surface area contributed by atoms with Crippen molar-refractivity contribution in [3.05, 3.63) is 46.8 Å². The second-order valence-electron chi connectivity index (χ2n) is 7.01. The average molecular weight is 370 g/mol. The van der Waals surface area contributed by atoms with Crippen molar-refractivity contribution in [3.63, 3.8) is 0 Å². The number of hydrogen-bond donors (Lipinski definition) is 0. The van der Waals surface area contributed by atoms with Gasteiger partial charge in [-0.05, 0) is 38.5 Å². The quantitative estimate of drug-likeness (QED) is 0.805. The lowest BCUT2D eigenvalue weighted by molar-refractivity contribution is -0.156. The summed E-state index contributed by atoms with van der Waals surface area (Å²) < 4.78 is 6.96. The molecule has 0 aliphatic carbocycles. The van der Waals surface area contributed by atoms with Crippen LogP contribution < -0.4 is 4.74 Å². The maximum absolute atomic E-state index is 12.9. The maximum Gasteiger partial charge on any atom is 0.245 e. The Kier molecular flexibility index (Phi) is 5.21. The molecular weight excluding hydrogens is 344 g/mol. The summed E-state index contributed by atoms with van der Waals surface area (Å²) in [7, 11) is 3.50. The molecular formula is C20H26N4O3. The number of ether oxygens (including phenoxy) is 1. The van der Waals surface area contributed by atoms with Gasteiger partial charge < -0.3 is 14.5 Å². The van der Waals surface area contributed by atoms with E-state index in [0.29, 0.717) is 13.1 Å². The van der Waals surface area contributed by atoms with Crippen LogP contribution in [-0.2, 0) is 29.7 Å². The van der Waals surface area contributed by atoms with Gasteiger partial charge in [0.15, 0.2) is 0 Å². The lowest BCUT2D eigenvalue weighted by atomic mass is 10.1. The number of hydrogen-bond acceptors (Lipinski definition) is 4. The molecule has 1 fully saturated rings. The molecule has 0 unspecified atom stereocenters. The van der Waals surface area contributed by atoms with Crippen LogP contribution in [0.15, 0.2) is 24.3 Å². The number of methoxy groups -OCH3 is 1. The molecule has 144 valence electrons. The van der Waals surface area contributed by atoms with Crippen LogP contribution >= 0.6 is 0 Å². The van der Waals surface area contributed by atoms with Gasteiger partial charge in [0.2, 0.25) is 11.8 Å². The van der Waals surface area contributed by atoms with Crippen LogP contribution in [0.4, 0.5) is 0 Å². The fourth-order valence-corrected chi connectivity index (χ4v) is 3.47. The summed E-state index contributed by atoms with van der Waals surface area (Å²) in [4.78, 5) is 28.9. The largest absolute Gasteiger partial charge is 0.497 e. The lowest BCUT2D eigenvalue weighted by Gasteiger charge is -2.39. The Bertz CT molecular complexity index is 857. The zero-order valence-electron chi connectivity index (χ0n) is 16.5. The van der Waals surface area contributed by atoms with E-state index in [-0.39, 0.29) is 18.4 Å². The predicted molar refractivity (Wildman–Crippen MR) is 101 cm³/mol. The number of carbonyl (C=O) groups is 2. The Balaban J connectivity index is 1.73. The fourth-order valence-electron chi connectivity index (χ4n) is 3.47. The molecule has 2 aromatic rings. The van der Waals surface area contributed by atoms with Gasteiger partial charge in [-0.3, -0.25) is 14.3 Å². The predicted octanol–water partition coefficient (Wildman–Crippen LogP) is 1.81. The molecule has 1 saturated heterocycles. The van der Waals surface area contributed by atoms with Crippen molar-refractivity contribution in [1.82, 2.24) is 19.6 Å². The smallest absolute Gasteiger partial charge is 0.245 e. The Morgan fingerprint density at radius 2 is 1.81 bits per heavy atom. The molecule has 0 radical (unpaired) electrons. The van der Waals surface area contributed by atoms with E-state index in [9.17, 15) is 9.59 Å². The summed E-state index contributed by atoms with van der Waals surface area (Å²) in [6, 6.07) is 7.04. The number of rotatable bonds is 5. The van der Waals surface area contributed by atoms with Gasteiger partial charge in [0.05, 0.1) is 19.3 Å². The highest BCUT2D eigenvalue weighted by Gasteiger charge is 2.37. The first-order valence-electron chi connectivity index (χ1n) is 9.02. The molecule has 1 aliphatic rings. The van der Waals surface area contributed by atoms with Crippen LogP contribution in [0.3, 0.4) is 0 Å². The Morgan fingerprint density at radius 3 is 2.37 bits per heavy atom. The first kappa shape index (κ1) is 18.9. The minimum absolute atomic E-state index is 0.0374. The van der Waals surface area contributed by atoms with Crippen LogP contribution in [-0.4, -0.2) is 51.1 Å². The number of piperazine rings is 1. The van der Waals surface area contributed by atoms with Crippen molar-refractivity contribution in [2.45, 2.75) is 39.9 Å². The summed E-state index contributed by atoms with van der Waals surface area (Å²) in [5, 5.41) is 4.40. The molecule has 27 heavy (non-hydrogen) atoms. The van der Waals surface area contributed by atoms with Crippen molar-refractivity contribution in [2.24, 2.45) is 7.05 Å². The zero-order valence-corrected chi connectivity index (χ0v) is 16.5. The zero-order chi connectivity index (χ0) is 19.7. The molecule has 2 heterocycles. The van der Waals surface area contributed by atoms with Gasteiger partial charge in [-0.15, -0.1) is 0 Å². The first-order valence-corrected chi connectivity index (χ1v) is 9.02. The highest BCUT2D eigenvalue weighted by molar-refractivity contribution is 5.94. The molecule has 0 bridgehead atoms. The third-order valence-corrected chi connectivity index (χ3v) is 5.30. The molecule has 1 atom stereocenters. The van der Waals surface area contributed by atoms with Crippen LogP contribution in [0.25, 0.3) is 0 Å². The van der Waals surface area contributed by atoms with Gasteiger partial charge in [-0.2, -0.15) is 5.10 Å². The van der Waals surface area contributed by atoms with E-state index in [1.165, 1.54) is 0 Å². The summed E-state index contributed by atoms with van der Waals surface area (Å²) in [6.07, 6.45) is 0. The standard InChI is InChI=1S/C20H26N4O3/c1-13-18(14(2)22(4)21-13)11-24-15(3)20(26)23(12-19(24)25)10-16-6-8-17(27-5)9-7-16/h6-9,15H,10-12H2,1-5H3/t15-/m0/s1. The molecule has 7 heteroatoms. The molecule has 1 aliphatic heterocycles. The molecule has 0 saturated carbocycles. The normalized spacial score (nSPS) is 17.6. The summed E-state index contributed by atoms with van der Waals surface area (Å²) in [5.41, 5.74) is 3.88. The summed E-state index contributed by atoms with van der Waals surface area (Å²) >= 11 is 0. The van der Waals surface area contributed by atoms with Gasteiger partial charge >= 0.3 is 0 Å². The monoisotopic (exact) mass is 370 g/mol. The van der Waals surface area contributed by atoms with Crippen molar-refractivity contribution in [1.29, 1.82) is 0 Å². The number of nitrogens with zero attached hydrogens (tertiary/aromatic N) is 4. The molecule has 0 N–H and O–H groups in total. The third-order valence-electron chi connectivity index (χ3n) is 5.30. The van der Waals surface area contributed by atoms with E-state index < -0.39 is 6.04 Å². The fraction of sp³-hybridized carbons (Fsp3) is 0.450. The number of carbonyl (C=O) groups excluding carboxylic acids is 2. The molecule has 7 nitrogen and oxygen atoms in total. The van der Waals surface area contributed by atoms with Gasteiger partial charge in [0.1, 0.15) is 18.3 Å². The van der Waals surface area contributed by atoms with Gasteiger partial charge in [0, 0.05) is 24.8 Å². The second kappa shape index (κ2) is 7.42. The SMILES string of the molecule is COc1ccc(CN2CC(=O)N(Cc3c(C)nn(C)c3C)[C@@H](C)C2=O)cc1. The van der Waals surface area contributed by atoms with E-state index in [0.717, 1.165) is 28.3 Å². The van der Waals surface area contributed by atoms with Crippen LogP contribution in [0, 0.1) is 13.8 Å². The average Bonchev–Trinajstić information content (AvgIpc) is 2.89. The van der Waals surface area contributed by atoms with E-state index in [4.69, 9.17) is 4.74 Å². The van der Waals surface area contributed by atoms with E-state index in [1.54, 1.807) is 23.8 Å². The van der Waals surface area contributed by atoms with Crippen LogP contribution in [0.1, 0.15) is 29.4 Å². The molecule has 3 rings (SSSR count). The summed E-state index contributed by atoms with van der Waals surface area (Å²) in [5.74, 6) is 0.685. The molecule has 0 spiro atoms. The van der Waals surface area contributed by atoms with Gasteiger partial charge in [-0.25, -0.2) is 0 Å². The lowest BCUT2D eigenvalue weighted by Crippen LogP contribution is -2.58. The highest BCUT2D eigenvalue weighted by atomic mass is 16.5. The van der Waals surface area contributed by atoms with E-state index in [2.05, 4.69) is 5.10 Å². The van der Waals surface area contributed by atoms with E-state index >= 15 is 0 Å². The molecule has 2 amide bonds. The summed E-state index contributed by atoms with van der Waals surface area (Å²) in [6.45, 7) is 6.62. The number of aryl methyl sites for hydroxylation is 2. The topological polar surface area (TPSA) is 67.7 Å². The second-order valence-corrected chi connectivity index (χ2v) is 7.01. The maximum atomic E-state index is 12.9. The Morgan fingerprint density at radius 1 is 1.15 bits per heavy atom. The van der Waals surface area contributed by atoms with E-state index in [1.807, 2.05) is 49.8 Å². The van der Waals surface area contributed by atoms with Crippen molar-refractivity contribution < 1.29 is 14.3 Å². The van der Waals surface area contributed by atoms with Crippen molar-refractivity contribution in [3.8, 4) is 5.75 Å². The molecule has 1 aromatic heterocycles. The van der Waals surface area contributed by atoms with Crippen molar-refractivity contribution >= 4 is 11.8 Å². The number of benzene rings is 1. The number of aromatic nitrogens is 2. The minimum Gasteiger partial charge on any atom is -0.497 e. The van der Waals surface area contributed by atoms with Gasteiger partial charge in [-0.1, -0.05) is 12.1 Å². The van der Waals surface area contributed by atoms with Gasteiger partial charge in [0.25, 0.3) is 0 Å². The Labute approximate surface area is 159 Å². The van der Waals surface area contributed by atoms with Crippen molar-refractivity contribution in [2.75, 3.05) is 13.7 Å².